The maximum atomic E-state index is 14.3. The van der Waals surface area contributed by atoms with Crippen LogP contribution >= 0.6 is 0 Å². The molecule has 0 radical (unpaired) electrons. The van der Waals surface area contributed by atoms with Crippen molar-refractivity contribution in [3.63, 3.8) is 0 Å². The number of nitrogens with two attached hydrogens (primary N) is 1. The summed E-state index contributed by atoms with van der Waals surface area (Å²) >= 11 is 0. The molecule has 0 unspecified atom stereocenters. The summed E-state index contributed by atoms with van der Waals surface area (Å²) in [6.07, 6.45) is 2.82. The van der Waals surface area contributed by atoms with Gasteiger partial charge in [-0.2, -0.15) is 0 Å². The number of carbonyl (C=O) groups is 1. The Labute approximate surface area is 195 Å². The van der Waals surface area contributed by atoms with Crippen molar-refractivity contribution in [3.8, 4) is 16.8 Å². The topological polar surface area (TPSA) is 101 Å². The third kappa shape index (κ3) is 3.74. The number of aromatic carboxylic acids is 1. The first-order chi connectivity index (χ1) is 16.5. The van der Waals surface area contributed by atoms with Gasteiger partial charge in [-0.15, -0.1) is 0 Å². The lowest BCUT2D eigenvalue weighted by atomic mass is 9.89. The predicted octanol–water partition coefficient (Wildman–Crippen LogP) is 5.61. The van der Waals surface area contributed by atoms with E-state index in [-0.39, 0.29) is 17.3 Å². The number of nitrogens with zero attached hydrogens (tertiary/aromatic N) is 1. The Bertz CT molecular complexity index is 1400. The monoisotopic (exact) mass is 457 g/mol. The average molecular weight is 458 g/mol. The molecule has 1 aromatic heterocycles. The number of rotatable bonds is 5. The van der Waals surface area contributed by atoms with Gasteiger partial charge < -0.3 is 25.6 Å². The molecule has 2 heterocycles. The molecule has 6 nitrogen and oxygen atoms in total. The zero-order valence-electron chi connectivity index (χ0n) is 18.4. The molecule has 0 saturated carbocycles. The highest BCUT2D eigenvalue weighted by Crippen LogP contribution is 2.44. The van der Waals surface area contributed by atoms with Gasteiger partial charge in [-0.1, -0.05) is 18.2 Å². The van der Waals surface area contributed by atoms with E-state index in [0.717, 1.165) is 40.6 Å². The molecule has 1 fully saturated rings. The Balaban J connectivity index is 1.89. The lowest BCUT2D eigenvalue weighted by molar-refractivity contribution is 0.0697. The van der Waals surface area contributed by atoms with E-state index in [4.69, 9.17) is 15.9 Å². The number of ether oxygens (including phenoxy) is 1. The van der Waals surface area contributed by atoms with Gasteiger partial charge in [-0.3, -0.25) is 0 Å². The van der Waals surface area contributed by atoms with Crippen molar-refractivity contribution >= 4 is 28.8 Å². The summed E-state index contributed by atoms with van der Waals surface area (Å²) in [5, 5.41) is 18.0. The number of aromatic nitrogens is 1. The molecular weight excluding hydrogens is 433 g/mol. The smallest absolute Gasteiger partial charge is 0.335 e. The summed E-state index contributed by atoms with van der Waals surface area (Å²) in [7, 11) is 0. The van der Waals surface area contributed by atoms with E-state index in [1.807, 2.05) is 18.2 Å². The van der Waals surface area contributed by atoms with Crippen LogP contribution in [-0.4, -0.2) is 35.1 Å². The summed E-state index contributed by atoms with van der Waals surface area (Å²) in [4.78, 5) is 11.4. The van der Waals surface area contributed by atoms with Crippen molar-refractivity contribution in [2.45, 2.75) is 18.8 Å². The number of anilines is 1. The number of carboxylic acid groups (broad SMARTS) is 1. The molecule has 4 N–H and O–H groups in total. The Hall–Kier alpha value is -3.97. The molecule has 0 spiro atoms. The van der Waals surface area contributed by atoms with Gasteiger partial charge in [-0.05, 0) is 60.9 Å². The molecule has 1 saturated heterocycles. The summed E-state index contributed by atoms with van der Waals surface area (Å²) in [5.41, 5.74) is 11.8. The second-order valence-corrected chi connectivity index (χ2v) is 8.49. The highest BCUT2D eigenvalue weighted by molar-refractivity contribution is 6.05. The van der Waals surface area contributed by atoms with E-state index in [9.17, 15) is 14.3 Å². The molecule has 7 heteroatoms. The van der Waals surface area contributed by atoms with Gasteiger partial charge in [-0.25, -0.2) is 9.18 Å². The minimum atomic E-state index is -0.988. The van der Waals surface area contributed by atoms with E-state index < -0.39 is 5.97 Å². The molecule has 0 amide bonds. The molecule has 0 aliphatic carbocycles. The largest absolute Gasteiger partial charge is 0.478 e. The molecule has 5 rings (SSSR count). The number of nitrogens with one attached hydrogen (secondary N) is 1. The Morgan fingerprint density at radius 2 is 1.85 bits per heavy atom. The molecule has 3 aromatic carbocycles. The second-order valence-electron chi connectivity index (χ2n) is 8.49. The van der Waals surface area contributed by atoms with Crippen LogP contribution in [0.15, 0.2) is 60.7 Å². The fraction of sp³-hybridized carbons (Fsp3) is 0.185. The normalized spacial score (nSPS) is 14.4. The second kappa shape index (κ2) is 8.76. The van der Waals surface area contributed by atoms with Gasteiger partial charge in [0.25, 0.3) is 0 Å². The predicted molar refractivity (Wildman–Crippen MR) is 131 cm³/mol. The number of halogens is 1. The molecule has 1 aliphatic rings. The summed E-state index contributed by atoms with van der Waals surface area (Å²) < 4.78 is 22.0. The van der Waals surface area contributed by atoms with Gasteiger partial charge in [0.05, 0.1) is 11.1 Å². The Kier molecular flexibility index (Phi) is 5.63. The lowest BCUT2D eigenvalue weighted by Gasteiger charge is -2.26. The van der Waals surface area contributed by atoms with Crippen LogP contribution in [0.4, 0.5) is 10.1 Å². The third-order valence-electron chi connectivity index (χ3n) is 6.46. The summed E-state index contributed by atoms with van der Waals surface area (Å²) in [6, 6.07) is 17.0. The fourth-order valence-corrected chi connectivity index (χ4v) is 4.84. The first-order valence-corrected chi connectivity index (χ1v) is 11.1. The van der Waals surface area contributed by atoms with Gasteiger partial charge in [0.15, 0.2) is 0 Å². The molecule has 0 bridgehead atoms. The Morgan fingerprint density at radius 3 is 2.50 bits per heavy atom. The van der Waals surface area contributed by atoms with Crippen molar-refractivity contribution in [1.29, 1.82) is 5.41 Å². The number of benzene rings is 3. The van der Waals surface area contributed by atoms with Gasteiger partial charge in [0.2, 0.25) is 0 Å². The van der Waals surface area contributed by atoms with Gasteiger partial charge >= 0.3 is 5.97 Å². The lowest BCUT2D eigenvalue weighted by Crippen LogP contribution is -2.17. The van der Waals surface area contributed by atoms with E-state index in [1.54, 1.807) is 30.3 Å². The SMILES string of the molecule is N=Cc1cc2c(cc1N)c(-c1ccc(C(=O)O)cc1)c(C1CCOCC1)n2-c1cccc(F)c1. The zero-order chi connectivity index (χ0) is 23.8. The van der Waals surface area contributed by atoms with Crippen molar-refractivity contribution < 1.29 is 19.0 Å². The third-order valence-corrected chi connectivity index (χ3v) is 6.46. The van der Waals surface area contributed by atoms with Gasteiger partial charge in [0.1, 0.15) is 5.82 Å². The van der Waals surface area contributed by atoms with E-state index in [1.165, 1.54) is 18.3 Å². The van der Waals surface area contributed by atoms with Crippen LogP contribution in [0.1, 0.15) is 40.4 Å². The molecule has 0 atom stereocenters. The molecule has 172 valence electrons. The van der Waals surface area contributed by atoms with Crippen LogP contribution in [0.2, 0.25) is 0 Å². The van der Waals surface area contributed by atoms with E-state index >= 15 is 0 Å². The molecule has 1 aliphatic heterocycles. The first-order valence-electron chi connectivity index (χ1n) is 11.1. The van der Waals surface area contributed by atoms with Crippen LogP contribution in [0.3, 0.4) is 0 Å². The van der Waals surface area contributed by atoms with E-state index in [0.29, 0.717) is 30.2 Å². The maximum Gasteiger partial charge on any atom is 0.335 e. The van der Waals surface area contributed by atoms with Crippen LogP contribution in [0, 0.1) is 11.2 Å². The summed E-state index contributed by atoms with van der Waals surface area (Å²) in [5.74, 6) is -1.19. The Morgan fingerprint density at radius 1 is 1.12 bits per heavy atom. The number of hydrogen-bond acceptors (Lipinski definition) is 4. The van der Waals surface area contributed by atoms with Crippen LogP contribution < -0.4 is 5.73 Å². The maximum absolute atomic E-state index is 14.3. The van der Waals surface area contributed by atoms with Crippen LogP contribution in [-0.2, 0) is 4.74 Å². The van der Waals surface area contributed by atoms with Crippen molar-refractivity contribution in [3.05, 3.63) is 83.3 Å². The quantitative estimate of drug-likeness (QED) is 0.268. The number of carboxylic acids is 1. The number of nitrogen functional groups attached to an aromatic ring is 1. The zero-order valence-corrected chi connectivity index (χ0v) is 18.4. The highest BCUT2D eigenvalue weighted by atomic mass is 19.1. The molecule has 4 aromatic rings. The standard InChI is InChI=1S/C27H24FN3O3/c28-20-2-1-3-21(13-20)31-24-12-19(15-29)23(30)14-22(24)25(26(31)17-8-10-34-11-9-17)16-4-6-18(7-5-16)27(32)33/h1-7,12-15,17,29H,8-11,30H2,(H,32,33). The van der Waals surface area contributed by atoms with Gasteiger partial charge in [0, 0.05) is 58.9 Å². The fourth-order valence-electron chi connectivity index (χ4n) is 4.84. The summed E-state index contributed by atoms with van der Waals surface area (Å²) in [6.45, 7) is 1.25. The number of hydrogen-bond donors (Lipinski definition) is 3. The van der Waals surface area contributed by atoms with Crippen molar-refractivity contribution in [2.75, 3.05) is 18.9 Å². The van der Waals surface area contributed by atoms with Crippen LogP contribution in [0.25, 0.3) is 27.7 Å². The van der Waals surface area contributed by atoms with Crippen LogP contribution in [0.5, 0.6) is 0 Å². The minimum Gasteiger partial charge on any atom is -0.478 e. The molecular formula is C27H24FN3O3. The first kappa shape index (κ1) is 21.9. The minimum absolute atomic E-state index is 0.142. The average Bonchev–Trinajstić information content (AvgIpc) is 3.18. The van der Waals surface area contributed by atoms with Crippen molar-refractivity contribution in [2.24, 2.45) is 0 Å². The van der Waals surface area contributed by atoms with Crippen molar-refractivity contribution in [1.82, 2.24) is 4.57 Å². The molecule has 34 heavy (non-hydrogen) atoms. The van der Waals surface area contributed by atoms with E-state index in [2.05, 4.69) is 4.57 Å². The number of fused-ring (bicyclic) bond motifs is 1. The highest BCUT2D eigenvalue weighted by Gasteiger charge is 2.28.